The van der Waals surface area contributed by atoms with Gasteiger partial charge in [-0.1, -0.05) is 44.2 Å². The van der Waals surface area contributed by atoms with E-state index in [0.29, 0.717) is 18.4 Å². The Labute approximate surface area is 140 Å². The van der Waals surface area contributed by atoms with E-state index in [2.05, 4.69) is 47.9 Å². The summed E-state index contributed by atoms with van der Waals surface area (Å²) in [5, 5.41) is 0. The molecule has 1 atom stereocenters. The van der Waals surface area contributed by atoms with Gasteiger partial charge in [-0.05, 0) is 49.8 Å². The molecular formula is C20H30N2O. The van der Waals surface area contributed by atoms with Crippen molar-refractivity contribution in [3.8, 4) is 0 Å². The van der Waals surface area contributed by atoms with E-state index in [0.717, 1.165) is 19.5 Å². The summed E-state index contributed by atoms with van der Waals surface area (Å²) in [6.45, 7) is 8.83. The zero-order chi connectivity index (χ0) is 16.3. The number of hydrogen-bond acceptors (Lipinski definition) is 2. The van der Waals surface area contributed by atoms with Gasteiger partial charge in [-0.3, -0.25) is 4.79 Å². The monoisotopic (exact) mass is 314 g/mol. The molecule has 126 valence electrons. The predicted molar refractivity (Wildman–Crippen MR) is 94.5 cm³/mol. The summed E-state index contributed by atoms with van der Waals surface area (Å²) in [5.74, 6) is 0.334. The second-order valence-corrected chi connectivity index (χ2v) is 7.82. The largest absolute Gasteiger partial charge is 0.338 e. The summed E-state index contributed by atoms with van der Waals surface area (Å²) in [6.07, 6.45) is 5.58. The van der Waals surface area contributed by atoms with E-state index in [1.807, 2.05) is 6.07 Å². The maximum Gasteiger partial charge on any atom is 0.223 e. The molecule has 2 fully saturated rings. The molecule has 2 saturated heterocycles. The molecule has 0 aliphatic carbocycles. The summed E-state index contributed by atoms with van der Waals surface area (Å²) in [4.78, 5) is 17.6. The standard InChI is InChI=1S/C20H30N2O/c1-20(2,17-9-4-3-5-10-17)15-19(23)22-14-8-11-18(22)16-21-12-6-7-13-21/h3-5,9-10,18H,6-8,11-16H2,1-2H3. The van der Waals surface area contributed by atoms with Crippen LogP contribution in [0.3, 0.4) is 0 Å². The summed E-state index contributed by atoms with van der Waals surface area (Å²) >= 11 is 0. The molecule has 0 bridgehead atoms. The fraction of sp³-hybridized carbons (Fsp3) is 0.650. The normalized spacial score (nSPS) is 22.7. The Hall–Kier alpha value is -1.35. The van der Waals surface area contributed by atoms with Crippen molar-refractivity contribution >= 4 is 5.91 Å². The van der Waals surface area contributed by atoms with Crippen LogP contribution in [0.5, 0.6) is 0 Å². The van der Waals surface area contributed by atoms with Crippen LogP contribution in [0.4, 0.5) is 0 Å². The van der Waals surface area contributed by atoms with Gasteiger partial charge in [0.25, 0.3) is 0 Å². The molecule has 3 rings (SSSR count). The predicted octanol–water partition coefficient (Wildman–Crippen LogP) is 3.44. The SMILES string of the molecule is CC(C)(CC(=O)N1CCCC1CN1CCCC1)c1ccccc1. The zero-order valence-corrected chi connectivity index (χ0v) is 14.6. The number of hydrogen-bond donors (Lipinski definition) is 0. The van der Waals surface area contributed by atoms with E-state index in [1.54, 1.807) is 0 Å². The van der Waals surface area contributed by atoms with Gasteiger partial charge in [-0.2, -0.15) is 0 Å². The Kier molecular flexibility index (Phi) is 5.05. The first-order valence-corrected chi connectivity index (χ1v) is 9.14. The van der Waals surface area contributed by atoms with Crippen molar-refractivity contribution in [1.29, 1.82) is 0 Å². The Balaban J connectivity index is 1.62. The summed E-state index contributed by atoms with van der Waals surface area (Å²) in [5.41, 5.74) is 1.16. The highest BCUT2D eigenvalue weighted by atomic mass is 16.2. The maximum absolute atomic E-state index is 12.9. The van der Waals surface area contributed by atoms with Crippen molar-refractivity contribution in [2.45, 2.75) is 57.4 Å². The third-order valence-corrected chi connectivity index (χ3v) is 5.51. The van der Waals surface area contributed by atoms with Crippen LogP contribution in [0.2, 0.25) is 0 Å². The molecule has 2 heterocycles. The minimum absolute atomic E-state index is 0.0981. The molecule has 23 heavy (non-hydrogen) atoms. The van der Waals surface area contributed by atoms with Gasteiger partial charge in [0.2, 0.25) is 5.91 Å². The average molecular weight is 314 g/mol. The van der Waals surface area contributed by atoms with Crippen LogP contribution < -0.4 is 0 Å². The number of nitrogens with zero attached hydrogens (tertiary/aromatic N) is 2. The van der Waals surface area contributed by atoms with Crippen molar-refractivity contribution < 1.29 is 4.79 Å². The molecule has 1 amide bonds. The van der Waals surface area contributed by atoms with Crippen LogP contribution in [0.15, 0.2) is 30.3 Å². The first-order valence-electron chi connectivity index (χ1n) is 9.14. The quantitative estimate of drug-likeness (QED) is 0.831. The minimum Gasteiger partial charge on any atom is -0.338 e. The van der Waals surface area contributed by atoms with Crippen molar-refractivity contribution in [2.24, 2.45) is 0 Å². The Morgan fingerprint density at radius 1 is 1.09 bits per heavy atom. The third-order valence-electron chi connectivity index (χ3n) is 5.51. The third kappa shape index (κ3) is 3.95. The lowest BCUT2D eigenvalue weighted by atomic mass is 9.81. The fourth-order valence-corrected chi connectivity index (χ4v) is 4.09. The van der Waals surface area contributed by atoms with Crippen molar-refractivity contribution in [3.05, 3.63) is 35.9 Å². The number of amides is 1. The summed E-state index contributed by atoms with van der Waals surface area (Å²) in [7, 11) is 0. The summed E-state index contributed by atoms with van der Waals surface area (Å²) in [6, 6.07) is 10.9. The number of rotatable bonds is 5. The second kappa shape index (κ2) is 7.04. The Morgan fingerprint density at radius 3 is 2.48 bits per heavy atom. The fourth-order valence-electron chi connectivity index (χ4n) is 4.09. The Bertz CT molecular complexity index is 520. The van der Waals surface area contributed by atoms with Gasteiger partial charge in [0.05, 0.1) is 0 Å². The van der Waals surface area contributed by atoms with Gasteiger partial charge < -0.3 is 9.80 Å². The molecule has 1 unspecified atom stereocenters. The highest BCUT2D eigenvalue weighted by Gasteiger charge is 2.34. The van der Waals surface area contributed by atoms with Crippen molar-refractivity contribution in [1.82, 2.24) is 9.80 Å². The molecule has 0 radical (unpaired) electrons. The first-order chi connectivity index (χ1) is 11.1. The average Bonchev–Trinajstić information content (AvgIpc) is 3.20. The lowest BCUT2D eigenvalue weighted by molar-refractivity contribution is -0.133. The van der Waals surface area contributed by atoms with Crippen LogP contribution >= 0.6 is 0 Å². The van der Waals surface area contributed by atoms with Gasteiger partial charge in [-0.25, -0.2) is 0 Å². The van der Waals surface area contributed by atoms with Gasteiger partial charge in [0.15, 0.2) is 0 Å². The zero-order valence-electron chi connectivity index (χ0n) is 14.6. The lowest BCUT2D eigenvalue weighted by Crippen LogP contribution is -2.44. The molecule has 0 aromatic heterocycles. The molecule has 3 nitrogen and oxygen atoms in total. The van der Waals surface area contributed by atoms with E-state index in [4.69, 9.17) is 0 Å². The van der Waals surface area contributed by atoms with E-state index < -0.39 is 0 Å². The number of carbonyl (C=O) groups excluding carboxylic acids is 1. The maximum atomic E-state index is 12.9. The van der Waals surface area contributed by atoms with Crippen molar-refractivity contribution in [2.75, 3.05) is 26.2 Å². The second-order valence-electron chi connectivity index (χ2n) is 7.82. The number of carbonyl (C=O) groups is 1. The van der Waals surface area contributed by atoms with Crippen LogP contribution in [0.25, 0.3) is 0 Å². The molecule has 2 aliphatic heterocycles. The topological polar surface area (TPSA) is 23.6 Å². The van der Waals surface area contributed by atoms with Crippen LogP contribution in [-0.4, -0.2) is 47.9 Å². The van der Waals surface area contributed by atoms with E-state index in [1.165, 1.54) is 37.9 Å². The first kappa shape index (κ1) is 16.5. The van der Waals surface area contributed by atoms with Crippen LogP contribution in [-0.2, 0) is 10.2 Å². The lowest BCUT2D eigenvalue weighted by Gasteiger charge is -2.32. The van der Waals surface area contributed by atoms with E-state index in [-0.39, 0.29) is 5.41 Å². The molecule has 0 saturated carbocycles. The molecule has 2 aliphatic rings. The highest BCUT2D eigenvalue weighted by molar-refractivity contribution is 5.78. The molecule has 3 heteroatoms. The van der Waals surface area contributed by atoms with Gasteiger partial charge in [0, 0.05) is 25.6 Å². The van der Waals surface area contributed by atoms with Gasteiger partial charge >= 0.3 is 0 Å². The van der Waals surface area contributed by atoms with Crippen LogP contribution in [0.1, 0.15) is 51.5 Å². The minimum atomic E-state index is -0.0981. The smallest absolute Gasteiger partial charge is 0.223 e. The molecule has 1 aromatic carbocycles. The molecule has 0 spiro atoms. The van der Waals surface area contributed by atoms with E-state index >= 15 is 0 Å². The Morgan fingerprint density at radius 2 is 1.78 bits per heavy atom. The van der Waals surface area contributed by atoms with Crippen molar-refractivity contribution in [3.63, 3.8) is 0 Å². The molecule has 0 N–H and O–H groups in total. The number of likely N-dealkylation sites (tertiary alicyclic amines) is 2. The highest BCUT2D eigenvalue weighted by Crippen LogP contribution is 2.30. The number of benzene rings is 1. The molecular weight excluding hydrogens is 284 g/mol. The van der Waals surface area contributed by atoms with Gasteiger partial charge in [-0.15, -0.1) is 0 Å². The molecule has 1 aromatic rings. The van der Waals surface area contributed by atoms with Crippen LogP contribution in [0, 0.1) is 0 Å². The van der Waals surface area contributed by atoms with Gasteiger partial charge in [0.1, 0.15) is 0 Å². The van der Waals surface area contributed by atoms with E-state index in [9.17, 15) is 4.79 Å². The summed E-state index contributed by atoms with van der Waals surface area (Å²) < 4.78 is 0.